The smallest absolute Gasteiger partial charge is 0.125 e. The molecule has 2 heteroatoms. The number of fused-ring (bicyclic) bond motifs is 1. The minimum absolute atomic E-state index is 0.196. The second kappa shape index (κ2) is 10.9. The molecule has 0 saturated carbocycles. The summed E-state index contributed by atoms with van der Waals surface area (Å²) >= 11 is 0. The van der Waals surface area contributed by atoms with Crippen LogP contribution in [0, 0.1) is 0 Å². The van der Waals surface area contributed by atoms with Crippen LogP contribution in [0.4, 0.5) is 0 Å². The van der Waals surface area contributed by atoms with Gasteiger partial charge < -0.3 is 5.73 Å². The molecule has 28 heavy (non-hydrogen) atoms. The van der Waals surface area contributed by atoms with Crippen molar-refractivity contribution >= 4 is 16.6 Å². The van der Waals surface area contributed by atoms with Crippen LogP contribution in [-0.2, 0) is 0 Å². The van der Waals surface area contributed by atoms with E-state index in [-0.39, 0.29) is 6.04 Å². The van der Waals surface area contributed by atoms with Crippen molar-refractivity contribution in [1.82, 2.24) is 0 Å². The van der Waals surface area contributed by atoms with E-state index in [2.05, 4.69) is 59.6 Å². The first-order valence-electron chi connectivity index (χ1n) is 9.72. The average Bonchev–Trinajstić information content (AvgIpc) is 2.72. The highest BCUT2D eigenvalue weighted by atomic mass is 14.9. The molecule has 0 aliphatic rings. The Labute approximate surface area is 169 Å². The molecule has 0 saturated heterocycles. The molecule has 0 unspecified atom stereocenters. The maximum Gasteiger partial charge on any atom is 0.125 e. The first kappa shape index (κ1) is 21.2. The van der Waals surface area contributed by atoms with Crippen LogP contribution in [0.15, 0.2) is 96.0 Å². The molecular weight excluding hydrogens is 340 g/mol. The molecule has 0 aliphatic carbocycles. The molecule has 0 bridgehead atoms. The van der Waals surface area contributed by atoms with Crippen molar-refractivity contribution in [3.05, 3.63) is 96.6 Å². The van der Waals surface area contributed by atoms with Crippen molar-refractivity contribution in [2.24, 2.45) is 10.7 Å². The summed E-state index contributed by atoms with van der Waals surface area (Å²) in [5.74, 6) is 0.595. The van der Waals surface area contributed by atoms with Gasteiger partial charge in [-0.25, -0.2) is 0 Å². The van der Waals surface area contributed by atoms with Gasteiger partial charge in [0.15, 0.2) is 0 Å². The standard InChI is InChI=1S/C20H20N2.C6H10/c1-14(2)22-20(21)17-10-5-9-16(13-17)19-12-6-8-15-7-3-4-11-18(15)19;1-3-5-6-4-2/h3-14H,1-2H3,(H2,21,22);3-6H,1-2H3/b;5-3-,6-4-. The monoisotopic (exact) mass is 370 g/mol. The predicted molar refractivity (Wildman–Crippen MR) is 125 cm³/mol. The highest BCUT2D eigenvalue weighted by Crippen LogP contribution is 2.29. The molecule has 0 spiro atoms. The summed E-state index contributed by atoms with van der Waals surface area (Å²) in [7, 11) is 0. The predicted octanol–water partition coefficient (Wildman–Crippen LogP) is 6.76. The third-order valence-corrected chi connectivity index (χ3v) is 4.15. The Bertz CT molecular complexity index is 963. The Morgan fingerprint density at radius 2 is 1.50 bits per heavy atom. The van der Waals surface area contributed by atoms with Crippen LogP contribution in [-0.4, -0.2) is 11.9 Å². The second-order valence-electron chi connectivity index (χ2n) is 6.77. The maximum atomic E-state index is 6.11. The van der Waals surface area contributed by atoms with E-state index in [0.29, 0.717) is 5.84 Å². The molecule has 2 nitrogen and oxygen atoms in total. The molecular formula is C26H30N2. The van der Waals surface area contributed by atoms with E-state index in [1.807, 2.05) is 64.1 Å². The first-order valence-corrected chi connectivity index (χ1v) is 9.72. The third kappa shape index (κ3) is 5.95. The van der Waals surface area contributed by atoms with Crippen LogP contribution >= 0.6 is 0 Å². The van der Waals surface area contributed by atoms with E-state index in [1.54, 1.807) is 0 Å². The van der Waals surface area contributed by atoms with Crippen molar-refractivity contribution in [1.29, 1.82) is 0 Å². The van der Waals surface area contributed by atoms with Gasteiger partial charge in [-0.1, -0.05) is 85.0 Å². The second-order valence-corrected chi connectivity index (χ2v) is 6.77. The number of nitrogens with zero attached hydrogens (tertiary/aromatic N) is 1. The van der Waals surface area contributed by atoms with Crippen LogP contribution in [0.5, 0.6) is 0 Å². The Kier molecular flexibility index (Phi) is 8.23. The number of allylic oxidation sites excluding steroid dienone is 4. The van der Waals surface area contributed by atoms with Gasteiger partial charge in [-0.2, -0.15) is 0 Å². The van der Waals surface area contributed by atoms with Crippen molar-refractivity contribution in [3.8, 4) is 11.1 Å². The Hall–Kier alpha value is -3.13. The fraction of sp³-hybridized carbons (Fsp3) is 0.192. The van der Waals surface area contributed by atoms with E-state index in [1.165, 1.54) is 16.3 Å². The van der Waals surface area contributed by atoms with Gasteiger partial charge in [0.25, 0.3) is 0 Å². The minimum atomic E-state index is 0.196. The normalized spacial score (nSPS) is 12.0. The summed E-state index contributed by atoms with van der Waals surface area (Å²) < 4.78 is 0. The zero-order valence-corrected chi connectivity index (χ0v) is 17.3. The van der Waals surface area contributed by atoms with Gasteiger partial charge in [0.05, 0.1) is 0 Å². The van der Waals surface area contributed by atoms with Crippen molar-refractivity contribution < 1.29 is 0 Å². The minimum Gasteiger partial charge on any atom is -0.383 e. The van der Waals surface area contributed by atoms with E-state index >= 15 is 0 Å². The van der Waals surface area contributed by atoms with Crippen molar-refractivity contribution in [2.45, 2.75) is 33.7 Å². The summed E-state index contributed by atoms with van der Waals surface area (Å²) in [6, 6.07) is 23.3. The third-order valence-electron chi connectivity index (χ3n) is 4.15. The largest absolute Gasteiger partial charge is 0.383 e. The van der Waals surface area contributed by atoms with Gasteiger partial charge in [-0.3, -0.25) is 4.99 Å². The van der Waals surface area contributed by atoms with E-state index < -0.39 is 0 Å². The summed E-state index contributed by atoms with van der Waals surface area (Å²) in [5, 5.41) is 2.50. The Morgan fingerprint density at radius 1 is 0.857 bits per heavy atom. The zero-order chi connectivity index (χ0) is 20.4. The highest BCUT2D eigenvalue weighted by Gasteiger charge is 2.06. The lowest BCUT2D eigenvalue weighted by molar-refractivity contribution is 0.834. The molecule has 0 amide bonds. The number of benzene rings is 3. The molecule has 0 radical (unpaired) electrons. The summed E-state index contributed by atoms with van der Waals surface area (Å²) in [5.41, 5.74) is 9.46. The van der Waals surface area contributed by atoms with Crippen LogP contribution in [0.1, 0.15) is 33.3 Å². The Balaban J connectivity index is 0.000000409. The molecule has 0 atom stereocenters. The summed E-state index contributed by atoms with van der Waals surface area (Å²) in [4.78, 5) is 4.44. The van der Waals surface area contributed by atoms with Gasteiger partial charge in [0, 0.05) is 11.6 Å². The van der Waals surface area contributed by atoms with Gasteiger partial charge in [0.1, 0.15) is 5.84 Å². The van der Waals surface area contributed by atoms with Gasteiger partial charge in [-0.15, -0.1) is 0 Å². The lowest BCUT2D eigenvalue weighted by atomic mass is 9.97. The fourth-order valence-electron chi connectivity index (χ4n) is 2.90. The highest BCUT2D eigenvalue weighted by molar-refractivity contribution is 6.01. The lowest BCUT2D eigenvalue weighted by Gasteiger charge is -2.09. The van der Waals surface area contributed by atoms with Crippen LogP contribution in [0.25, 0.3) is 21.9 Å². The van der Waals surface area contributed by atoms with Crippen molar-refractivity contribution in [3.63, 3.8) is 0 Å². The Morgan fingerprint density at radius 3 is 2.18 bits per heavy atom. The topological polar surface area (TPSA) is 38.4 Å². The molecule has 2 N–H and O–H groups in total. The quantitative estimate of drug-likeness (QED) is 0.307. The van der Waals surface area contributed by atoms with E-state index in [4.69, 9.17) is 5.73 Å². The average molecular weight is 371 g/mol. The lowest BCUT2D eigenvalue weighted by Crippen LogP contribution is -2.15. The molecule has 144 valence electrons. The number of aliphatic imine (C=N–C) groups is 1. The van der Waals surface area contributed by atoms with Crippen LogP contribution < -0.4 is 5.73 Å². The van der Waals surface area contributed by atoms with Crippen LogP contribution in [0.3, 0.4) is 0 Å². The summed E-state index contributed by atoms with van der Waals surface area (Å²) in [6.07, 6.45) is 8.00. The zero-order valence-electron chi connectivity index (χ0n) is 17.3. The maximum absolute atomic E-state index is 6.11. The molecule has 0 aliphatic heterocycles. The number of hydrogen-bond acceptors (Lipinski definition) is 1. The van der Waals surface area contributed by atoms with Crippen molar-refractivity contribution in [2.75, 3.05) is 0 Å². The fourth-order valence-corrected chi connectivity index (χ4v) is 2.90. The van der Waals surface area contributed by atoms with Gasteiger partial charge in [0.2, 0.25) is 0 Å². The molecule has 3 rings (SSSR count). The number of hydrogen-bond donors (Lipinski definition) is 1. The molecule has 0 fully saturated rings. The number of nitrogens with two attached hydrogens (primary N) is 1. The van der Waals surface area contributed by atoms with Crippen LogP contribution in [0.2, 0.25) is 0 Å². The molecule has 0 aromatic heterocycles. The number of amidine groups is 1. The van der Waals surface area contributed by atoms with E-state index in [0.717, 1.165) is 11.1 Å². The molecule has 0 heterocycles. The number of rotatable bonds is 4. The SMILES string of the molecule is C/C=C\C=C/C.CC(C)N=C(N)c1cccc(-c2cccc3ccccc23)c1. The van der Waals surface area contributed by atoms with Gasteiger partial charge in [-0.05, 0) is 55.7 Å². The molecule has 3 aromatic rings. The molecule has 3 aromatic carbocycles. The first-order chi connectivity index (χ1) is 13.6. The van der Waals surface area contributed by atoms with Gasteiger partial charge >= 0.3 is 0 Å². The summed E-state index contributed by atoms with van der Waals surface area (Å²) in [6.45, 7) is 8.06. The van der Waals surface area contributed by atoms with E-state index in [9.17, 15) is 0 Å².